The zero-order valence-electron chi connectivity index (χ0n) is 16.1. The van der Waals surface area contributed by atoms with Gasteiger partial charge in [0.1, 0.15) is 0 Å². The minimum absolute atomic E-state index is 0.0929. The highest BCUT2D eigenvalue weighted by Gasteiger charge is 2.26. The minimum atomic E-state index is -0.158. The number of nitrogens with one attached hydrogen (secondary N) is 2. The Bertz CT molecular complexity index is 815. The van der Waals surface area contributed by atoms with Gasteiger partial charge in [-0.25, -0.2) is 0 Å². The van der Waals surface area contributed by atoms with Crippen LogP contribution in [0.25, 0.3) is 0 Å². The fourth-order valence-electron chi connectivity index (χ4n) is 3.33. The van der Waals surface area contributed by atoms with Crippen molar-refractivity contribution in [2.45, 2.75) is 33.2 Å². The second-order valence-electron chi connectivity index (χ2n) is 7.39. The predicted octanol–water partition coefficient (Wildman–Crippen LogP) is 3.69. The van der Waals surface area contributed by atoms with Gasteiger partial charge >= 0.3 is 0 Å². The lowest BCUT2D eigenvalue weighted by Gasteiger charge is -2.33. The molecule has 0 bridgehead atoms. The molecule has 3 rings (SSSR count). The Hall–Kier alpha value is -2.18. The van der Waals surface area contributed by atoms with Gasteiger partial charge in [-0.05, 0) is 48.4 Å². The quantitative estimate of drug-likeness (QED) is 0.797. The number of amides is 2. The van der Waals surface area contributed by atoms with Gasteiger partial charge in [0.25, 0.3) is 5.91 Å². The Morgan fingerprint density at radius 2 is 2.04 bits per heavy atom. The molecule has 0 spiro atoms. The van der Waals surface area contributed by atoms with E-state index < -0.39 is 0 Å². The van der Waals surface area contributed by atoms with E-state index in [-0.39, 0.29) is 17.9 Å². The standard InChI is InChI=1S/C21H27N3O2S/c1-14(2)12-22-21(26)17-6-4-5-7-18(17)23-20(25)13-24-10-8-19-16(15(24)3)9-11-27-19/h4-7,9,11,14-15H,8,10,12-13H2,1-3H3,(H,22,26)(H,23,25)/t15-/m0/s1. The first-order valence-electron chi connectivity index (χ1n) is 9.43. The molecule has 2 aromatic rings. The summed E-state index contributed by atoms with van der Waals surface area (Å²) in [6.45, 7) is 8.04. The summed E-state index contributed by atoms with van der Waals surface area (Å²) in [5.41, 5.74) is 2.38. The summed E-state index contributed by atoms with van der Waals surface area (Å²) >= 11 is 1.79. The van der Waals surface area contributed by atoms with Gasteiger partial charge in [-0.2, -0.15) is 0 Å². The van der Waals surface area contributed by atoms with E-state index in [2.05, 4.69) is 33.9 Å². The molecule has 1 atom stereocenters. The Balaban J connectivity index is 1.64. The number of anilines is 1. The second kappa shape index (κ2) is 8.67. The van der Waals surface area contributed by atoms with Gasteiger partial charge in [-0.15, -0.1) is 11.3 Å². The highest BCUT2D eigenvalue weighted by Crippen LogP contribution is 2.32. The summed E-state index contributed by atoms with van der Waals surface area (Å²) in [5, 5.41) is 7.96. The number of hydrogen-bond donors (Lipinski definition) is 2. The molecule has 0 aliphatic carbocycles. The first kappa shape index (κ1) is 19.6. The molecule has 0 radical (unpaired) electrons. The summed E-state index contributed by atoms with van der Waals surface area (Å²) < 4.78 is 0. The van der Waals surface area contributed by atoms with Crippen molar-refractivity contribution in [2.75, 3.05) is 25.0 Å². The second-order valence-corrected chi connectivity index (χ2v) is 8.39. The molecule has 2 amide bonds. The van der Waals surface area contributed by atoms with Crippen LogP contribution in [0.4, 0.5) is 5.69 Å². The zero-order valence-corrected chi connectivity index (χ0v) is 16.9. The first-order chi connectivity index (χ1) is 13.0. The van der Waals surface area contributed by atoms with Gasteiger partial charge in [0.15, 0.2) is 0 Å². The molecule has 0 unspecified atom stereocenters. The fraction of sp³-hybridized carbons (Fsp3) is 0.429. The van der Waals surface area contributed by atoms with Crippen molar-refractivity contribution < 1.29 is 9.59 Å². The molecule has 144 valence electrons. The Kier molecular flexibility index (Phi) is 6.29. The average Bonchev–Trinajstić information content (AvgIpc) is 3.12. The van der Waals surface area contributed by atoms with E-state index in [1.54, 1.807) is 23.5 Å². The molecular formula is C21H27N3O2S. The molecule has 2 N–H and O–H groups in total. The number of para-hydroxylation sites is 1. The molecule has 0 saturated carbocycles. The van der Waals surface area contributed by atoms with Crippen molar-refractivity contribution in [3.05, 3.63) is 51.7 Å². The normalized spacial score (nSPS) is 16.8. The third kappa shape index (κ3) is 4.76. The van der Waals surface area contributed by atoms with Crippen molar-refractivity contribution in [2.24, 2.45) is 5.92 Å². The molecule has 27 heavy (non-hydrogen) atoms. The van der Waals surface area contributed by atoms with E-state index in [1.165, 1.54) is 10.4 Å². The third-order valence-corrected chi connectivity index (χ3v) is 5.86. The number of carbonyl (C=O) groups excluding carboxylic acids is 2. The van der Waals surface area contributed by atoms with Gasteiger partial charge < -0.3 is 10.6 Å². The minimum Gasteiger partial charge on any atom is -0.352 e. The Morgan fingerprint density at radius 3 is 2.81 bits per heavy atom. The summed E-state index contributed by atoms with van der Waals surface area (Å²) in [6.07, 6.45) is 0.985. The van der Waals surface area contributed by atoms with Crippen molar-refractivity contribution >= 4 is 28.8 Å². The van der Waals surface area contributed by atoms with Crippen LogP contribution in [0.15, 0.2) is 35.7 Å². The van der Waals surface area contributed by atoms with Gasteiger partial charge in [-0.3, -0.25) is 14.5 Å². The highest BCUT2D eigenvalue weighted by atomic mass is 32.1. The van der Waals surface area contributed by atoms with Crippen LogP contribution in [0.3, 0.4) is 0 Å². The van der Waals surface area contributed by atoms with E-state index >= 15 is 0 Å². The number of carbonyl (C=O) groups is 2. The lowest BCUT2D eigenvalue weighted by molar-refractivity contribution is -0.117. The summed E-state index contributed by atoms with van der Waals surface area (Å²) in [5.74, 6) is 0.122. The van der Waals surface area contributed by atoms with Crippen LogP contribution in [-0.2, 0) is 11.2 Å². The van der Waals surface area contributed by atoms with Crippen LogP contribution >= 0.6 is 11.3 Å². The lowest BCUT2D eigenvalue weighted by atomic mass is 10.0. The van der Waals surface area contributed by atoms with Crippen molar-refractivity contribution in [1.82, 2.24) is 10.2 Å². The monoisotopic (exact) mass is 385 g/mol. The van der Waals surface area contributed by atoms with Gasteiger partial charge in [0, 0.05) is 24.0 Å². The maximum absolute atomic E-state index is 12.6. The van der Waals surface area contributed by atoms with Crippen LogP contribution in [0.5, 0.6) is 0 Å². The molecule has 6 heteroatoms. The molecule has 2 heterocycles. The number of benzene rings is 1. The molecule has 1 aromatic heterocycles. The van der Waals surface area contributed by atoms with E-state index in [9.17, 15) is 9.59 Å². The van der Waals surface area contributed by atoms with Crippen LogP contribution in [0, 0.1) is 5.92 Å². The highest BCUT2D eigenvalue weighted by molar-refractivity contribution is 7.10. The van der Waals surface area contributed by atoms with Gasteiger partial charge in [0.2, 0.25) is 5.91 Å². The number of nitrogens with zero attached hydrogens (tertiary/aromatic N) is 1. The largest absolute Gasteiger partial charge is 0.352 e. The van der Waals surface area contributed by atoms with E-state index in [0.717, 1.165) is 13.0 Å². The molecule has 1 aliphatic rings. The summed E-state index contributed by atoms with van der Waals surface area (Å²) in [4.78, 5) is 28.7. The van der Waals surface area contributed by atoms with Crippen molar-refractivity contribution in [3.63, 3.8) is 0 Å². The summed E-state index contributed by atoms with van der Waals surface area (Å²) in [6, 6.07) is 9.55. The molecular weight excluding hydrogens is 358 g/mol. The molecule has 0 fully saturated rings. The molecule has 5 nitrogen and oxygen atoms in total. The third-order valence-electron chi connectivity index (χ3n) is 4.87. The van der Waals surface area contributed by atoms with Gasteiger partial charge in [-0.1, -0.05) is 26.0 Å². The van der Waals surface area contributed by atoms with Crippen LogP contribution in [0.2, 0.25) is 0 Å². The van der Waals surface area contributed by atoms with Crippen LogP contribution in [0.1, 0.15) is 47.6 Å². The van der Waals surface area contributed by atoms with Crippen molar-refractivity contribution in [3.8, 4) is 0 Å². The summed E-state index contributed by atoms with van der Waals surface area (Å²) in [7, 11) is 0. The fourth-order valence-corrected chi connectivity index (χ4v) is 4.30. The smallest absolute Gasteiger partial charge is 0.253 e. The molecule has 1 aliphatic heterocycles. The number of thiophene rings is 1. The van der Waals surface area contributed by atoms with E-state index in [1.807, 2.05) is 26.0 Å². The number of fused-ring (bicyclic) bond motifs is 1. The lowest BCUT2D eigenvalue weighted by Crippen LogP contribution is -2.39. The Morgan fingerprint density at radius 1 is 1.26 bits per heavy atom. The van der Waals surface area contributed by atoms with Crippen LogP contribution in [-0.4, -0.2) is 36.3 Å². The van der Waals surface area contributed by atoms with Crippen molar-refractivity contribution in [1.29, 1.82) is 0 Å². The SMILES string of the molecule is CC(C)CNC(=O)c1ccccc1NC(=O)CN1CCc2sccc2[C@@H]1C. The average molecular weight is 386 g/mol. The number of hydrogen-bond acceptors (Lipinski definition) is 4. The number of rotatable bonds is 6. The Labute approximate surface area is 164 Å². The van der Waals surface area contributed by atoms with Gasteiger partial charge in [0.05, 0.1) is 17.8 Å². The first-order valence-corrected chi connectivity index (χ1v) is 10.3. The van der Waals surface area contributed by atoms with E-state index in [4.69, 9.17) is 0 Å². The molecule has 1 aromatic carbocycles. The maximum atomic E-state index is 12.6. The molecule has 0 saturated heterocycles. The van der Waals surface area contributed by atoms with Crippen LogP contribution < -0.4 is 10.6 Å². The maximum Gasteiger partial charge on any atom is 0.253 e. The van der Waals surface area contributed by atoms with E-state index in [0.29, 0.717) is 30.3 Å². The topological polar surface area (TPSA) is 61.4 Å². The zero-order chi connectivity index (χ0) is 19.4. The predicted molar refractivity (Wildman–Crippen MR) is 110 cm³/mol.